The van der Waals surface area contributed by atoms with Gasteiger partial charge in [-0.1, -0.05) is 0 Å². The molecule has 0 aromatic heterocycles. The van der Waals surface area contributed by atoms with Crippen LogP contribution >= 0.6 is 22.6 Å². The van der Waals surface area contributed by atoms with E-state index < -0.39 is 0 Å². The van der Waals surface area contributed by atoms with E-state index in [4.69, 9.17) is 4.74 Å². The van der Waals surface area contributed by atoms with Crippen LogP contribution in [0.25, 0.3) is 0 Å². The highest BCUT2D eigenvalue weighted by molar-refractivity contribution is 14.1. The van der Waals surface area contributed by atoms with Crippen LogP contribution in [0.15, 0.2) is 18.2 Å². The van der Waals surface area contributed by atoms with Gasteiger partial charge in [0.05, 0.1) is 5.69 Å². The average molecular weight is 261 g/mol. The molecule has 0 unspecified atom stereocenters. The lowest BCUT2D eigenvalue weighted by atomic mass is 10.3. The highest BCUT2D eigenvalue weighted by Crippen LogP contribution is 2.33. The van der Waals surface area contributed by atoms with Crippen molar-refractivity contribution in [1.82, 2.24) is 0 Å². The Bertz CT molecular complexity index is 287. The second kappa shape index (κ2) is 2.55. The number of halogens is 1. The summed E-state index contributed by atoms with van der Waals surface area (Å²) in [4.78, 5) is 2.09. The molecular weight excluding hydrogens is 253 g/mol. The molecule has 0 N–H and O–H groups in total. The monoisotopic (exact) mass is 261 g/mol. The van der Waals surface area contributed by atoms with Crippen molar-refractivity contribution in [2.75, 3.05) is 18.7 Å². The summed E-state index contributed by atoms with van der Waals surface area (Å²) in [6.45, 7) is 0.676. The van der Waals surface area contributed by atoms with Crippen LogP contribution < -0.4 is 9.64 Å². The zero-order valence-corrected chi connectivity index (χ0v) is 8.33. The first-order valence-electron chi connectivity index (χ1n) is 3.41. The van der Waals surface area contributed by atoms with Gasteiger partial charge in [-0.3, -0.25) is 0 Å². The summed E-state index contributed by atoms with van der Waals surface area (Å²) in [6.07, 6.45) is 0. The van der Waals surface area contributed by atoms with Crippen molar-refractivity contribution in [3.8, 4) is 5.75 Å². The number of hydrogen-bond acceptors (Lipinski definition) is 2. The van der Waals surface area contributed by atoms with E-state index in [0.717, 1.165) is 5.75 Å². The molecule has 1 aliphatic rings. The molecule has 0 spiro atoms. The Morgan fingerprint density at radius 2 is 2.36 bits per heavy atom. The van der Waals surface area contributed by atoms with Crippen LogP contribution in [-0.2, 0) is 0 Å². The number of fused-ring (bicyclic) bond motifs is 1. The van der Waals surface area contributed by atoms with Crippen molar-refractivity contribution in [2.45, 2.75) is 0 Å². The zero-order valence-electron chi connectivity index (χ0n) is 6.17. The molecule has 1 heterocycles. The van der Waals surface area contributed by atoms with Crippen LogP contribution in [0.3, 0.4) is 0 Å². The maximum atomic E-state index is 5.41. The van der Waals surface area contributed by atoms with E-state index in [1.54, 1.807) is 0 Å². The molecule has 11 heavy (non-hydrogen) atoms. The minimum absolute atomic E-state index is 0.676. The predicted molar refractivity (Wildman–Crippen MR) is 53.1 cm³/mol. The van der Waals surface area contributed by atoms with Crippen LogP contribution in [0.1, 0.15) is 0 Å². The number of rotatable bonds is 0. The first-order chi connectivity index (χ1) is 5.27. The summed E-state index contributed by atoms with van der Waals surface area (Å²) in [5, 5.41) is 0. The standard InChI is InChI=1S/C8H8INO/c1-10-5-11-8-4-6(9)2-3-7(8)10/h2-4H,5H2,1H3. The molecule has 0 fully saturated rings. The summed E-state index contributed by atoms with van der Waals surface area (Å²) in [7, 11) is 2.03. The van der Waals surface area contributed by atoms with Crippen LogP contribution in [-0.4, -0.2) is 13.8 Å². The molecule has 0 saturated heterocycles. The molecular formula is C8H8INO. The smallest absolute Gasteiger partial charge is 0.161 e. The van der Waals surface area contributed by atoms with Crippen LogP contribution in [0, 0.1) is 3.57 Å². The largest absolute Gasteiger partial charge is 0.471 e. The van der Waals surface area contributed by atoms with E-state index >= 15 is 0 Å². The highest BCUT2D eigenvalue weighted by Gasteiger charge is 2.15. The van der Waals surface area contributed by atoms with Gasteiger partial charge in [-0.05, 0) is 40.8 Å². The first kappa shape index (κ1) is 7.21. The fourth-order valence-electron chi connectivity index (χ4n) is 1.15. The molecule has 1 aromatic carbocycles. The van der Waals surface area contributed by atoms with E-state index in [9.17, 15) is 0 Å². The Balaban J connectivity index is 2.50. The molecule has 2 nitrogen and oxygen atoms in total. The third kappa shape index (κ3) is 1.17. The van der Waals surface area contributed by atoms with Crippen molar-refractivity contribution in [3.63, 3.8) is 0 Å². The molecule has 0 saturated carbocycles. The summed E-state index contributed by atoms with van der Waals surface area (Å²) in [5.74, 6) is 0.999. The molecule has 0 bridgehead atoms. The van der Waals surface area contributed by atoms with E-state index in [-0.39, 0.29) is 0 Å². The number of anilines is 1. The first-order valence-corrected chi connectivity index (χ1v) is 4.49. The highest BCUT2D eigenvalue weighted by atomic mass is 127. The van der Waals surface area contributed by atoms with Gasteiger partial charge in [0.15, 0.2) is 6.73 Å². The van der Waals surface area contributed by atoms with Crippen molar-refractivity contribution in [3.05, 3.63) is 21.8 Å². The second-order valence-corrected chi connectivity index (χ2v) is 3.83. The molecule has 58 valence electrons. The van der Waals surface area contributed by atoms with E-state index in [0.29, 0.717) is 6.73 Å². The van der Waals surface area contributed by atoms with E-state index in [2.05, 4.69) is 45.7 Å². The van der Waals surface area contributed by atoms with Crippen LogP contribution in [0.2, 0.25) is 0 Å². The van der Waals surface area contributed by atoms with Gasteiger partial charge in [0.2, 0.25) is 0 Å². The van der Waals surface area contributed by atoms with Gasteiger partial charge in [-0.25, -0.2) is 0 Å². The van der Waals surface area contributed by atoms with Gasteiger partial charge < -0.3 is 9.64 Å². The summed E-state index contributed by atoms with van der Waals surface area (Å²) in [6, 6.07) is 6.23. The lowest BCUT2D eigenvalue weighted by molar-refractivity contribution is 0.353. The quantitative estimate of drug-likeness (QED) is 0.663. The summed E-state index contributed by atoms with van der Waals surface area (Å²) < 4.78 is 6.63. The van der Waals surface area contributed by atoms with Gasteiger partial charge in [0, 0.05) is 10.6 Å². The number of hydrogen-bond donors (Lipinski definition) is 0. The van der Waals surface area contributed by atoms with Gasteiger partial charge in [-0.15, -0.1) is 0 Å². The molecule has 0 radical (unpaired) electrons. The Kier molecular flexibility index (Phi) is 1.67. The molecule has 2 rings (SSSR count). The van der Waals surface area contributed by atoms with Crippen molar-refractivity contribution in [2.24, 2.45) is 0 Å². The minimum atomic E-state index is 0.676. The van der Waals surface area contributed by atoms with Crippen molar-refractivity contribution < 1.29 is 4.74 Å². The lowest BCUT2D eigenvalue weighted by Crippen LogP contribution is -2.14. The van der Waals surface area contributed by atoms with Gasteiger partial charge in [-0.2, -0.15) is 0 Å². The zero-order chi connectivity index (χ0) is 7.84. The number of nitrogens with zero attached hydrogens (tertiary/aromatic N) is 1. The SMILES string of the molecule is CN1COc2cc(I)ccc21. The third-order valence-electron chi connectivity index (χ3n) is 1.75. The van der Waals surface area contributed by atoms with E-state index in [1.807, 2.05) is 7.05 Å². The Morgan fingerprint density at radius 3 is 3.18 bits per heavy atom. The molecule has 1 aromatic rings. The Morgan fingerprint density at radius 1 is 1.55 bits per heavy atom. The molecule has 0 aliphatic carbocycles. The molecule has 0 atom stereocenters. The van der Waals surface area contributed by atoms with Crippen molar-refractivity contribution >= 4 is 28.3 Å². The van der Waals surface area contributed by atoms with Crippen LogP contribution in [0.4, 0.5) is 5.69 Å². The molecule has 0 amide bonds. The predicted octanol–water partition coefficient (Wildman–Crippen LogP) is 2.08. The number of benzene rings is 1. The topological polar surface area (TPSA) is 12.5 Å². The average Bonchev–Trinajstić information content (AvgIpc) is 2.32. The molecule has 3 heteroatoms. The number of ether oxygens (including phenoxy) is 1. The van der Waals surface area contributed by atoms with Gasteiger partial charge >= 0.3 is 0 Å². The fourth-order valence-corrected chi connectivity index (χ4v) is 1.62. The van der Waals surface area contributed by atoms with Crippen molar-refractivity contribution in [1.29, 1.82) is 0 Å². The van der Waals surface area contributed by atoms with Gasteiger partial charge in [0.1, 0.15) is 5.75 Å². The summed E-state index contributed by atoms with van der Waals surface area (Å²) >= 11 is 2.28. The Hall–Kier alpha value is -0.450. The maximum Gasteiger partial charge on any atom is 0.161 e. The van der Waals surface area contributed by atoms with Gasteiger partial charge in [0.25, 0.3) is 0 Å². The normalized spacial score (nSPS) is 14.5. The Labute approximate surface area is 79.3 Å². The van der Waals surface area contributed by atoms with Crippen LogP contribution in [0.5, 0.6) is 5.75 Å². The minimum Gasteiger partial charge on any atom is -0.471 e. The maximum absolute atomic E-state index is 5.41. The summed E-state index contributed by atoms with van der Waals surface area (Å²) in [5.41, 5.74) is 1.19. The lowest BCUT2D eigenvalue weighted by Gasteiger charge is -2.06. The fraction of sp³-hybridized carbons (Fsp3) is 0.250. The molecule has 1 aliphatic heterocycles. The second-order valence-electron chi connectivity index (χ2n) is 2.58. The van der Waals surface area contributed by atoms with E-state index in [1.165, 1.54) is 9.26 Å². The third-order valence-corrected chi connectivity index (χ3v) is 2.42.